The van der Waals surface area contributed by atoms with Crippen LogP contribution in [0.2, 0.25) is 0 Å². The molecule has 1 aliphatic rings. The van der Waals surface area contributed by atoms with E-state index in [0.29, 0.717) is 10.0 Å². The van der Waals surface area contributed by atoms with Gasteiger partial charge in [0, 0.05) is 0 Å². The van der Waals surface area contributed by atoms with E-state index in [9.17, 15) is 10.1 Å². The van der Waals surface area contributed by atoms with Crippen molar-refractivity contribution in [3.8, 4) is 0 Å². The first-order valence-corrected chi connectivity index (χ1v) is 5.58. The molecule has 1 unspecified atom stereocenters. The molecule has 0 saturated carbocycles. The molecule has 1 aromatic carbocycles. The predicted octanol–water partition coefficient (Wildman–Crippen LogP) is 2.23. The third-order valence-corrected chi connectivity index (χ3v) is 3.07. The van der Waals surface area contributed by atoms with E-state index in [4.69, 9.17) is 10.5 Å². The first kappa shape index (κ1) is 11.7. The summed E-state index contributed by atoms with van der Waals surface area (Å²) in [4.78, 5) is 10.8. The zero-order valence-corrected chi connectivity index (χ0v) is 10.3. The number of ether oxygens (including phenoxy) is 1. The number of rotatable bonds is 2. The van der Waals surface area contributed by atoms with E-state index in [-0.39, 0.29) is 5.70 Å². The highest BCUT2D eigenvalue weighted by Crippen LogP contribution is 2.35. The van der Waals surface area contributed by atoms with Gasteiger partial charge >= 0.3 is 5.72 Å². The van der Waals surface area contributed by atoms with Crippen molar-refractivity contribution in [3.05, 3.63) is 68.5 Å². The van der Waals surface area contributed by atoms with Gasteiger partial charge in [0.25, 0.3) is 0 Å². The summed E-state index contributed by atoms with van der Waals surface area (Å²) in [5.74, 6) is 0. The van der Waals surface area contributed by atoms with Crippen molar-refractivity contribution >= 4 is 15.9 Å². The lowest BCUT2D eigenvalue weighted by Gasteiger charge is -2.25. The van der Waals surface area contributed by atoms with Crippen LogP contribution in [0.25, 0.3) is 0 Å². The summed E-state index contributed by atoms with van der Waals surface area (Å²) in [6, 6.07) is 8.45. The summed E-state index contributed by atoms with van der Waals surface area (Å²) in [5, 5.41) is 11.3. The third-order valence-electron chi connectivity index (χ3n) is 2.43. The summed E-state index contributed by atoms with van der Waals surface area (Å²) in [6.45, 7) is 0. The van der Waals surface area contributed by atoms with Gasteiger partial charge in [0.15, 0.2) is 0 Å². The Morgan fingerprint density at radius 2 is 2.00 bits per heavy atom. The van der Waals surface area contributed by atoms with Gasteiger partial charge in [-0.1, -0.05) is 18.2 Å². The van der Waals surface area contributed by atoms with Gasteiger partial charge in [-0.2, -0.15) is 0 Å². The van der Waals surface area contributed by atoms with Gasteiger partial charge in [-0.15, -0.1) is 0 Å². The number of nitrogens with two attached hydrogens (primary N) is 1. The summed E-state index contributed by atoms with van der Waals surface area (Å²) >= 11 is 3.15. The van der Waals surface area contributed by atoms with Crippen LogP contribution < -0.4 is 5.73 Å². The quantitative estimate of drug-likeness (QED) is 0.670. The number of hydrogen-bond acceptors (Lipinski definition) is 4. The van der Waals surface area contributed by atoms with E-state index >= 15 is 0 Å². The van der Waals surface area contributed by atoms with Crippen LogP contribution in [-0.2, 0) is 10.5 Å². The summed E-state index contributed by atoms with van der Waals surface area (Å²) < 4.78 is 5.72. The lowest BCUT2D eigenvalue weighted by atomic mass is 10.0. The van der Waals surface area contributed by atoms with Gasteiger partial charge in [-0.05, 0) is 28.1 Å². The molecule has 2 rings (SSSR count). The monoisotopic (exact) mass is 296 g/mol. The Morgan fingerprint density at radius 1 is 1.35 bits per heavy atom. The van der Waals surface area contributed by atoms with Crippen LogP contribution in [0, 0.1) is 10.1 Å². The maximum Gasteiger partial charge on any atom is 0.411 e. The second-order valence-electron chi connectivity index (χ2n) is 3.50. The van der Waals surface area contributed by atoms with E-state index in [1.54, 1.807) is 30.3 Å². The predicted molar refractivity (Wildman–Crippen MR) is 65.5 cm³/mol. The molecule has 0 aromatic heterocycles. The first-order valence-electron chi connectivity index (χ1n) is 4.78. The van der Waals surface area contributed by atoms with Crippen molar-refractivity contribution in [2.45, 2.75) is 5.72 Å². The Hall–Kier alpha value is -1.82. The fourth-order valence-electron chi connectivity index (χ4n) is 1.55. The molecule has 1 aliphatic heterocycles. The smallest absolute Gasteiger partial charge is 0.411 e. The van der Waals surface area contributed by atoms with E-state index in [1.165, 1.54) is 12.3 Å². The Kier molecular flexibility index (Phi) is 2.89. The lowest BCUT2D eigenvalue weighted by Crippen LogP contribution is -2.37. The average Bonchev–Trinajstić information content (AvgIpc) is 2.33. The molecule has 5 nitrogen and oxygen atoms in total. The maximum atomic E-state index is 11.3. The summed E-state index contributed by atoms with van der Waals surface area (Å²) in [6.07, 6.45) is 2.53. The molecule has 0 fully saturated rings. The van der Waals surface area contributed by atoms with E-state index in [1.807, 2.05) is 0 Å². The zero-order valence-electron chi connectivity index (χ0n) is 8.67. The van der Waals surface area contributed by atoms with Crippen LogP contribution in [0.15, 0.2) is 52.8 Å². The summed E-state index contributed by atoms with van der Waals surface area (Å²) in [5.41, 5.74) is 4.64. The molecular weight excluding hydrogens is 288 g/mol. The molecule has 1 aromatic rings. The van der Waals surface area contributed by atoms with Crippen LogP contribution in [0.4, 0.5) is 0 Å². The molecule has 6 heteroatoms. The molecule has 0 saturated heterocycles. The van der Waals surface area contributed by atoms with Gasteiger partial charge in [0.05, 0.1) is 26.7 Å². The third kappa shape index (κ3) is 1.91. The molecule has 0 amide bonds. The fourth-order valence-corrected chi connectivity index (χ4v) is 1.76. The van der Waals surface area contributed by atoms with Crippen LogP contribution >= 0.6 is 15.9 Å². The van der Waals surface area contributed by atoms with Crippen molar-refractivity contribution in [3.63, 3.8) is 0 Å². The lowest BCUT2D eigenvalue weighted by molar-refractivity contribution is -0.618. The van der Waals surface area contributed by atoms with Crippen LogP contribution in [0.3, 0.4) is 0 Å². The largest absolute Gasteiger partial charge is 0.428 e. The summed E-state index contributed by atoms with van der Waals surface area (Å²) in [7, 11) is 0. The molecular formula is C11H9BrN2O3. The zero-order chi connectivity index (χ0) is 12.5. The van der Waals surface area contributed by atoms with Gasteiger partial charge in [-0.25, -0.2) is 0 Å². The second kappa shape index (κ2) is 4.21. The highest BCUT2D eigenvalue weighted by molar-refractivity contribution is 9.11. The maximum absolute atomic E-state index is 11.3. The van der Waals surface area contributed by atoms with E-state index < -0.39 is 10.6 Å². The van der Waals surface area contributed by atoms with Crippen LogP contribution in [-0.4, -0.2) is 4.92 Å². The number of nitrogens with zero attached hydrogens (tertiary/aromatic N) is 1. The second-order valence-corrected chi connectivity index (χ2v) is 4.36. The molecule has 2 N–H and O–H groups in total. The highest BCUT2D eigenvalue weighted by Gasteiger charge is 2.47. The van der Waals surface area contributed by atoms with E-state index in [0.717, 1.165) is 0 Å². The number of nitro groups is 1. The number of benzene rings is 1. The Bertz CT molecular complexity index is 513. The van der Waals surface area contributed by atoms with Crippen molar-refractivity contribution in [2.24, 2.45) is 5.73 Å². The number of halogens is 1. The normalized spacial score (nSPS) is 23.4. The van der Waals surface area contributed by atoms with Crippen molar-refractivity contribution in [1.82, 2.24) is 0 Å². The Balaban J connectivity index is 2.55. The van der Waals surface area contributed by atoms with Gasteiger partial charge < -0.3 is 10.5 Å². The van der Waals surface area contributed by atoms with Crippen molar-refractivity contribution < 1.29 is 9.66 Å². The molecule has 88 valence electrons. The van der Waals surface area contributed by atoms with Gasteiger partial charge in [0.2, 0.25) is 0 Å². The molecule has 17 heavy (non-hydrogen) atoms. The van der Waals surface area contributed by atoms with Crippen LogP contribution in [0.5, 0.6) is 0 Å². The minimum atomic E-state index is -1.75. The molecule has 0 spiro atoms. The molecule has 1 heterocycles. The molecule has 0 radical (unpaired) electrons. The molecule has 1 atom stereocenters. The van der Waals surface area contributed by atoms with Crippen molar-refractivity contribution in [2.75, 3.05) is 0 Å². The topological polar surface area (TPSA) is 78.4 Å². The molecule has 0 aliphatic carbocycles. The molecule has 0 bridgehead atoms. The SMILES string of the molecule is NC1=CC(c2ccccc2)([N+](=O)[O-])OC=C1Br. The van der Waals surface area contributed by atoms with Gasteiger partial charge in [0.1, 0.15) is 6.26 Å². The number of allylic oxidation sites excluding steroid dienone is 1. The standard InChI is InChI=1S/C11H9BrN2O3/c12-9-7-17-11(14(15)16,6-10(9)13)8-4-2-1-3-5-8/h1-7H,13H2. The number of hydrogen-bond donors (Lipinski definition) is 1. The Morgan fingerprint density at radius 3 is 2.53 bits per heavy atom. The Labute approximate surface area is 106 Å². The minimum absolute atomic E-state index is 0.275. The van der Waals surface area contributed by atoms with Gasteiger partial charge in [-0.3, -0.25) is 10.1 Å². The van der Waals surface area contributed by atoms with Crippen molar-refractivity contribution in [1.29, 1.82) is 0 Å². The fraction of sp³-hybridized carbons (Fsp3) is 0.0909. The average molecular weight is 297 g/mol. The minimum Gasteiger partial charge on any atom is -0.428 e. The van der Waals surface area contributed by atoms with Crippen LogP contribution in [0.1, 0.15) is 5.56 Å². The highest BCUT2D eigenvalue weighted by atomic mass is 79.9. The van der Waals surface area contributed by atoms with E-state index in [2.05, 4.69) is 15.9 Å². The first-order chi connectivity index (χ1) is 8.06.